The highest BCUT2D eigenvalue weighted by Gasteiger charge is 2.50. The molecule has 2 rings (SSSR count). The highest BCUT2D eigenvalue weighted by Crippen LogP contribution is 2.36. The van der Waals surface area contributed by atoms with Crippen LogP contribution in [0.5, 0.6) is 0 Å². The van der Waals surface area contributed by atoms with Crippen LogP contribution in [0, 0.1) is 11.3 Å². The number of aliphatic hydroxyl groups excluding tert-OH is 1. The number of Topliss-reactive ketones (excluding diaryl/α,β-unsaturated/α-hetero) is 1. The number of hydrogen-bond acceptors (Lipinski definition) is 7. The van der Waals surface area contributed by atoms with Crippen LogP contribution in [0.1, 0.15) is 80.1 Å². The highest BCUT2D eigenvalue weighted by atomic mass is 127. The molecule has 0 aromatic carbocycles. The number of carbonyl (C=O) groups excluding carboxylic acids is 5. The Balaban J connectivity index is 2.34. The van der Waals surface area contributed by atoms with Gasteiger partial charge in [0, 0.05) is 29.0 Å². The number of nitrogens with zero attached hydrogens (tertiary/aromatic N) is 1. The lowest BCUT2D eigenvalue weighted by molar-refractivity contribution is -0.144. The zero-order valence-corrected chi connectivity index (χ0v) is 26.1. The van der Waals surface area contributed by atoms with E-state index in [1.807, 2.05) is 27.7 Å². The van der Waals surface area contributed by atoms with Crippen molar-refractivity contribution in [2.45, 2.75) is 114 Å². The van der Waals surface area contributed by atoms with Crippen LogP contribution in [0.15, 0.2) is 0 Å². The molecule has 0 bridgehead atoms. The van der Waals surface area contributed by atoms with Crippen molar-refractivity contribution in [2.75, 3.05) is 13.2 Å². The summed E-state index contributed by atoms with van der Waals surface area (Å²) in [4.78, 5) is 67.1. The molecule has 1 aliphatic heterocycles. The molecule has 0 radical (unpaired) electrons. The Kier molecular flexibility index (Phi) is 12.5. The molecule has 0 aromatic heterocycles. The lowest BCUT2D eigenvalue weighted by atomic mass is 9.85. The molecule has 1 unspecified atom stereocenters. The SMILES string of the molecule is CCCC(NC(=O)[C@@H]1[C@@H](CCCO)[C@@H](I)CN1C(=O)[C@@H](NC(=O)OC(C)C)C(C)(C)C)C(=O)C(=O)NC1CC1. The molecule has 2 fully saturated rings. The topological polar surface area (TPSA) is 154 Å². The van der Waals surface area contributed by atoms with Crippen molar-refractivity contribution in [3.05, 3.63) is 0 Å². The van der Waals surface area contributed by atoms with Crippen LogP contribution in [0.25, 0.3) is 0 Å². The van der Waals surface area contributed by atoms with E-state index in [2.05, 4.69) is 38.5 Å². The Hall–Kier alpha value is -1.96. The quantitative estimate of drug-likeness (QED) is 0.134. The summed E-state index contributed by atoms with van der Waals surface area (Å²) in [6.45, 7) is 10.9. The molecule has 222 valence electrons. The Bertz CT molecular complexity index is 903. The van der Waals surface area contributed by atoms with Gasteiger partial charge >= 0.3 is 6.09 Å². The van der Waals surface area contributed by atoms with Crippen molar-refractivity contribution >= 4 is 52.2 Å². The first-order valence-corrected chi connectivity index (χ1v) is 15.1. The van der Waals surface area contributed by atoms with E-state index in [4.69, 9.17) is 4.74 Å². The molecule has 1 saturated heterocycles. The van der Waals surface area contributed by atoms with Crippen molar-refractivity contribution in [3.63, 3.8) is 0 Å². The molecule has 4 amide bonds. The number of alkyl carbamates (subject to hydrolysis) is 1. The second kappa shape index (κ2) is 14.6. The standard InChI is InChI=1S/C27H45IN4O7/c1-7-9-19(21(34)24(36)29-16-11-12-16)30-23(35)20-17(10-8-13-33)18(28)14-32(20)25(37)22(27(4,5)6)31-26(38)39-15(2)3/h15-20,22,33H,7-14H2,1-6H3,(H,29,36)(H,30,35)(H,31,38)/t17-,18-,19?,20-,22+/m0/s1. The second-order valence-corrected chi connectivity index (χ2v) is 13.4. The lowest BCUT2D eigenvalue weighted by Gasteiger charge is -2.36. The average molecular weight is 665 g/mol. The Labute approximate surface area is 245 Å². The van der Waals surface area contributed by atoms with Gasteiger partial charge in [-0.15, -0.1) is 0 Å². The number of aliphatic hydroxyl groups is 1. The summed E-state index contributed by atoms with van der Waals surface area (Å²) in [7, 11) is 0. The summed E-state index contributed by atoms with van der Waals surface area (Å²) in [6, 6.07) is -2.91. The van der Waals surface area contributed by atoms with E-state index >= 15 is 0 Å². The first-order chi connectivity index (χ1) is 18.2. The van der Waals surface area contributed by atoms with E-state index in [0.29, 0.717) is 19.3 Å². The van der Waals surface area contributed by atoms with Crippen molar-refractivity contribution in [3.8, 4) is 0 Å². The fourth-order valence-electron chi connectivity index (χ4n) is 4.73. The van der Waals surface area contributed by atoms with Gasteiger partial charge in [-0.05, 0) is 51.4 Å². The number of rotatable bonds is 13. The third-order valence-electron chi connectivity index (χ3n) is 6.89. The van der Waals surface area contributed by atoms with E-state index in [9.17, 15) is 29.1 Å². The molecule has 12 heteroatoms. The molecule has 1 saturated carbocycles. The minimum absolute atomic E-state index is 0.00855. The van der Waals surface area contributed by atoms with Gasteiger partial charge in [0.05, 0.1) is 12.1 Å². The van der Waals surface area contributed by atoms with Crippen LogP contribution in [0.3, 0.4) is 0 Å². The molecule has 0 aromatic rings. The highest BCUT2D eigenvalue weighted by molar-refractivity contribution is 14.1. The van der Waals surface area contributed by atoms with E-state index in [1.54, 1.807) is 13.8 Å². The van der Waals surface area contributed by atoms with Gasteiger partial charge in [0.15, 0.2) is 0 Å². The monoisotopic (exact) mass is 664 g/mol. The molecule has 11 nitrogen and oxygen atoms in total. The predicted octanol–water partition coefficient (Wildman–Crippen LogP) is 2.07. The summed E-state index contributed by atoms with van der Waals surface area (Å²) < 4.78 is 5.11. The van der Waals surface area contributed by atoms with E-state index in [1.165, 1.54) is 4.90 Å². The molecule has 0 spiro atoms. The van der Waals surface area contributed by atoms with E-state index < -0.39 is 53.1 Å². The van der Waals surface area contributed by atoms with Crippen molar-refractivity contribution in [2.24, 2.45) is 11.3 Å². The first-order valence-electron chi connectivity index (χ1n) is 13.9. The van der Waals surface area contributed by atoms with Gasteiger partial charge in [-0.3, -0.25) is 19.2 Å². The molecule has 5 atom stereocenters. The maximum Gasteiger partial charge on any atom is 0.408 e. The summed E-state index contributed by atoms with van der Waals surface area (Å²) in [5.74, 6) is -2.64. The summed E-state index contributed by atoms with van der Waals surface area (Å²) >= 11 is 2.21. The predicted molar refractivity (Wildman–Crippen MR) is 154 cm³/mol. The van der Waals surface area contributed by atoms with Gasteiger partial charge in [0.2, 0.25) is 17.6 Å². The zero-order chi connectivity index (χ0) is 29.5. The molecular formula is C27H45IN4O7. The van der Waals surface area contributed by atoms with Crippen LogP contribution in [-0.2, 0) is 23.9 Å². The van der Waals surface area contributed by atoms with E-state index in [0.717, 1.165) is 12.8 Å². The van der Waals surface area contributed by atoms with Crippen LogP contribution in [0.4, 0.5) is 4.79 Å². The van der Waals surface area contributed by atoms with Gasteiger partial charge in [-0.2, -0.15) is 0 Å². The van der Waals surface area contributed by atoms with Crippen molar-refractivity contribution in [1.29, 1.82) is 0 Å². The Morgan fingerprint density at radius 1 is 1.10 bits per heavy atom. The molecular weight excluding hydrogens is 619 g/mol. The third kappa shape index (κ3) is 9.58. The first kappa shape index (κ1) is 33.2. The fraction of sp³-hybridized carbons (Fsp3) is 0.815. The summed E-state index contributed by atoms with van der Waals surface area (Å²) in [5, 5.41) is 17.6. The Morgan fingerprint density at radius 2 is 1.74 bits per heavy atom. The number of ether oxygens (including phenoxy) is 1. The summed E-state index contributed by atoms with van der Waals surface area (Å²) in [5.41, 5.74) is -0.695. The number of hydrogen-bond donors (Lipinski definition) is 4. The van der Waals surface area contributed by atoms with Crippen molar-refractivity contribution < 1.29 is 33.8 Å². The maximum atomic E-state index is 14.0. The number of nitrogens with one attached hydrogen (secondary N) is 3. The number of halogens is 1. The largest absolute Gasteiger partial charge is 0.447 e. The number of carbonyl (C=O) groups is 5. The number of alkyl halides is 1. The number of ketones is 1. The molecule has 1 heterocycles. The van der Waals surface area contributed by atoms with Gasteiger partial charge in [-0.25, -0.2) is 4.79 Å². The molecule has 39 heavy (non-hydrogen) atoms. The molecule has 1 aliphatic carbocycles. The Morgan fingerprint density at radius 3 is 2.26 bits per heavy atom. The van der Waals surface area contributed by atoms with Gasteiger partial charge in [0.1, 0.15) is 12.1 Å². The third-order valence-corrected chi connectivity index (χ3v) is 8.21. The lowest BCUT2D eigenvalue weighted by Crippen LogP contribution is -2.60. The zero-order valence-electron chi connectivity index (χ0n) is 23.9. The smallest absolute Gasteiger partial charge is 0.408 e. The summed E-state index contributed by atoms with van der Waals surface area (Å²) in [6.07, 6.45) is 2.35. The van der Waals surface area contributed by atoms with Gasteiger partial charge < -0.3 is 30.7 Å². The molecule has 4 N–H and O–H groups in total. The number of amides is 4. The van der Waals surface area contributed by atoms with Crippen LogP contribution in [0.2, 0.25) is 0 Å². The van der Waals surface area contributed by atoms with Gasteiger partial charge in [0.25, 0.3) is 5.91 Å². The maximum absolute atomic E-state index is 14.0. The van der Waals surface area contributed by atoms with Crippen LogP contribution >= 0.6 is 22.6 Å². The molecule has 2 aliphatic rings. The minimum atomic E-state index is -1.01. The average Bonchev–Trinajstić information content (AvgIpc) is 3.59. The van der Waals surface area contributed by atoms with Gasteiger partial charge in [-0.1, -0.05) is 56.7 Å². The van der Waals surface area contributed by atoms with Crippen LogP contribution < -0.4 is 16.0 Å². The minimum Gasteiger partial charge on any atom is -0.447 e. The second-order valence-electron chi connectivity index (χ2n) is 11.8. The van der Waals surface area contributed by atoms with Crippen molar-refractivity contribution in [1.82, 2.24) is 20.9 Å². The van der Waals surface area contributed by atoms with E-state index in [-0.39, 0.29) is 41.6 Å². The number of likely N-dealkylation sites (tertiary alicyclic amines) is 1. The van der Waals surface area contributed by atoms with Crippen LogP contribution in [-0.4, -0.2) is 87.0 Å². The fourth-order valence-corrected chi connectivity index (χ4v) is 5.91. The normalized spacial score (nSPS) is 22.7.